The van der Waals surface area contributed by atoms with E-state index in [1.54, 1.807) is 0 Å². The van der Waals surface area contributed by atoms with Crippen LogP contribution < -0.4 is 0 Å². The Kier molecular flexibility index (Phi) is 39.1. The average Bonchev–Trinajstić information content (AvgIpc) is 1.66. The highest BCUT2D eigenvalue weighted by Crippen LogP contribution is 2.47. The maximum absolute atomic E-state index is 5.86. The largest absolute Gasteiger partial charge is 0.381 e. The molecule has 0 bridgehead atoms. The normalized spacial score (nSPS) is 18.0. The molecule has 128 heavy (non-hydrogen) atoms. The van der Waals surface area contributed by atoms with Crippen LogP contribution in [-0.4, -0.2) is 98.6 Å². The number of hydrogen-bond acceptors (Lipinski definition) is 9. The van der Waals surface area contributed by atoms with Crippen molar-refractivity contribution in [3.05, 3.63) is 356 Å². The molecule has 0 aromatic heterocycles. The zero-order valence-electron chi connectivity index (χ0n) is 78.6. The van der Waals surface area contributed by atoms with E-state index < -0.39 is 0 Å². The van der Waals surface area contributed by atoms with Crippen LogP contribution in [0.1, 0.15) is 258 Å². The van der Waals surface area contributed by atoms with Gasteiger partial charge < -0.3 is 42.6 Å². The second-order valence-corrected chi connectivity index (χ2v) is 35.1. The number of rotatable bonds is 23. The van der Waals surface area contributed by atoms with Crippen LogP contribution in [0.15, 0.2) is 267 Å². The van der Waals surface area contributed by atoms with Gasteiger partial charge in [0.25, 0.3) is 0 Å². The van der Waals surface area contributed by atoms with Crippen LogP contribution in [0.3, 0.4) is 0 Å². The number of fused-ring (bicyclic) bond motifs is 10. The van der Waals surface area contributed by atoms with E-state index in [-0.39, 0.29) is 12.2 Å². The van der Waals surface area contributed by atoms with Gasteiger partial charge in [0.05, 0.1) is 38.1 Å². The third-order valence-electron chi connectivity index (χ3n) is 26.8. The number of benzene rings is 12. The maximum Gasteiger partial charge on any atom is 0.109 e. The van der Waals surface area contributed by atoms with Crippen molar-refractivity contribution in [2.45, 2.75) is 226 Å². The van der Waals surface area contributed by atoms with Crippen LogP contribution in [0.5, 0.6) is 0 Å². The van der Waals surface area contributed by atoms with Gasteiger partial charge in [-0.2, -0.15) is 0 Å². The van der Waals surface area contributed by atoms with E-state index in [9.17, 15) is 0 Å². The molecule has 0 N–H and O–H groups in total. The first-order valence-corrected chi connectivity index (χ1v) is 49.2. The molecular weight excluding hydrogens is 1570 g/mol. The highest BCUT2D eigenvalue weighted by Gasteiger charge is 2.32. The van der Waals surface area contributed by atoms with E-state index in [1.807, 2.05) is 13.8 Å². The van der Waals surface area contributed by atoms with Crippen LogP contribution in [0, 0.1) is 11.8 Å². The van der Waals surface area contributed by atoms with Crippen LogP contribution in [0.25, 0.3) is 43.8 Å². The highest BCUT2D eigenvalue weighted by molar-refractivity contribution is 5.92. The molecule has 9 nitrogen and oxygen atoms in total. The van der Waals surface area contributed by atoms with Gasteiger partial charge in [-0.1, -0.05) is 299 Å². The molecule has 0 heterocycles. The fourth-order valence-corrected chi connectivity index (χ4v) is 20.7. The Morgan fingerprint density at radius 3 is 1.17 bits per heavy atom. The van der Waals surface area contributed by atoms with Gasteiger partial charge >= 0.3 is 0 Å². The van der Waals surface area contributed by atoms with E-state index in [4.69, 9.17) is 42.6 Å². The van der Waals surface area contributed by atoms with Crippen molar-refractivity contribution in [3.8, 4) is 22.3 Å². The maximum atomic E-state index is 5.86. The molecule has 0 spiro atoms. The Bertz CT molecular complexity index is 5150. The minimum atomic E-state index is 0.123. The minimum Gasteiger partial charge on any atom is -0.381 e. The molecule has 12 aromatic rings. The molecule has 9 heteroatoms. The van der Waals surface area contributed by atoms with Gasteiger partial charge in [0.2, 0.25) is 0 Å². The smallest absolute Gasteiger partial charge is 0.109 e. The minimum absolute atomic E-state index is 0.123. The predicted molar refractivity (Wildman–Crippen MR) is 532 cm³/mol. The van der Waals surface area contributed by atoms with Crippen LogP contribution in [-0.2, 0) is 94.0 Å². The van der Waals surface area contributed by atoms with Crippen molar-refractivity contribution in [3.63, 3.8) is 0 Å². The molecule has 12 aromatic carbocycles. The van der Waals surface area contributed by atoms with Crippen molar-refractivity contribution in [2.24, 2.45) is 11.8 Å². The van der Waals surface area contributed by atoms with Gasteiger partial charge in [-0.3, -0.25) is 0 Å². The molecule has 0 amide bonds. The SMILES string of the molecule is CCOC1CCCc2ccccc21.CCOC1CCc2ccccc2C1.CCOC1Cc2cccc3cccc1c23.CCOC1c2ccccc2-c2ccccc21.CCOCC1CCCCCCC1.CCOCC1CCc2ccccc21.CCOCC1Cc2cccc3cccc1c23.CCOCC1Cc2ccccc2C1.CCOCC1c2ccccc2-c2ccccc21. The van der Waals surface area contributed by atoms with Crippen molar-refractivity contribution < 1.29 is 42.6 Å². The number of aryl methyl sites for hydroxylation is 3. The summed E-state index contributed by atoms with van der Waals surface area (Å²) >= 11 is 0. The lowest BCUT2D eigenvalue weighted by atomic mass is 9.89. The molecule has 9 aliphatic carbocycles. The fraction of sp³-hybridized carbons (Fsp3) is 0.429. The third-order valence-corrected chi connectivity index (χ3v) is 26.8. The molecule has 0 radical (unpaired) electrons. The molecule has 1 saturated carbocycles. The lowest BCUT2D eigenvalue weighted by Crippen LogP contribution is -2.22. The predicted octanol–water partition coefficient (Wildman–Crippen LogP) is 28.9. The number of ether oxygens (including phenoxy) is 9. The zero-order valence-corrected chi connectivity index (χ0v) is 78.6. The standard InChI is InChI=1S/C16H16O.C15H16O.C15H14O.C14H14O.4C12H16O.C11H22O/c1-2-17-11-16-14-9-5-3-7-12(14)13-8-4-6-10-15(13)16;1-2-16-10-13-9-12-7-3-5-11-6-4-8-14(13)15(11)12;1-2-16-15-13-9-5-3-7-11(13)12-8-4-6-10-14(12)15;1-2-15-13-9-11-7-3-5-10-6-4-8-12(13)14(10)11;1-2-13-12-9-5-7-10-6-3-4-8-11(10)12;1-2-13-9-10-7-11-5-3-4-6-12(11)8-10;1-2-13-9-11-8-7-10-5-3-4-6-12(10)11;1-2-13-12-8-7-10-5-3-4-6-11(10)9-12;1-2-12-10-11-8-6-4-3-5-7-9-11/h3-10,16H,2,11H2,1H3;3-8,13H,2,9-10H2,1H3;3-10,15H,2H2,1H3;3-8,13H,2,9H2,1H3;3-4,6,8,12H,2,5,7,9H2,1H3;3-6,10H,2,7-9H2,1H3;3-6,11H,2,7-9H2,1H3;3-6,12H,2,7-9H2,1H3;11H,2-10H2,1H3. The quantitative estimate of drug-likeness (QED) is 0.0622. The Morgan fingerprint density at radius 1 is 0.227 bits per heavy atom. The number of hydrogen-bond donors (Lipinski definition) is 0. The Morgan fingerprint density at radius 2 is 0.617 bits per heavy atom. The molecule has 0 saturated heterocycles. The second-order valence-electron chi connectivity index (χ2n) is 35.1. The fourth-order valence-electron chi connectivity index (χ4n) is 20.7. The van der Waals surface area contributed by atoms with Gasteiger partial charge in [-0.05, 0) is 290 Å². The van der Waals surface area contributed by atoms with Gasteiger partial charge in [0.15, 0.2) is 0 Å². The molecule has 5 atom stereocenters. The van der Waals surface area contributed by atoms with Crippen LogP contribution >= 0.6 is 0 Å². The van der Waals surface area contributed by atoms with Crippen molar-refractivity contribution in [1.29, 1.82) is 0 Å². The van der Waals surface area contributed by atoms with Gasteiger partial charge in [0, 0.05) is 96.9 Å². The Hall–Kier alpha value is -9.20. The molecule has 21 rings (SSSR count). The summed E-state index contributed by atoms with van der Waals surface area (Å²) in [6, 6.07) is 95.4. The van der Waals surface area contributed by atoms with E-state index in [0.29, 0.717) is 30.0 Å². The lowest BCUT2D eigenvalue weighted by Gasteiger charge is -2.24. The molecular formula is C119H146O9. The Balaban J connectivity index is 0.000000123. The van der Waals surface area contributed by atoms with E-state index >= 15 is 0 Å². The molecule has 1 fully saturated rings. The summed E-state index contributed by atoms with van der Waals surface area (Å²) in [5.74, 6) is 3.20. The first kappa shape index (κ1) is 96.4. The molecule has 0 aliphatic heterocycles. The summed E-state index contributed by atoms with van der Waals surface area (Å²) in [7, 11) is 0. The second kappa shape index (κ2) is 52.0. The lowest BCUT2D eigenvalue weighted by molar-refractivity contribution is 0.0500. The summed E-state index contributed by atoms with van der Waals surface area (Å²) < 4.78 is 50.6. The summed E-state index contributed by atoms with van der Waals surface area (Å²) in [4.78, 5) is 0. The van der Waals surface area contributed by atoms with Crippen LogP contribution in [0.4, 0.5) is 0 Å². The molecule has 9 aliphatic rings. The van der Waals surface area contributed by atoms with Gasteiger partial charge in [-0.15, -0.1) is 0 Å². The highest BCUT2D eigenvalue weighted by atomic mass is 16.5. The molecule has 5 unspecified atom stereocenters. The van der Waals surface area contributed by atoms with Gasteiger partial charge in [0.1, 0.15) is 6.10 Å². The topological polar surface area (TPSA) is 83.1 Å². The first-order valence-electron chi connectivity index (χ1n) is 49.2. The monoisotopic (exact) mass is 1720 g/mol. The molecule has 676 valence electrons. The van der Waals surface area contributed by atoms with Gasteiger partial charge in [-0.25, -0.2) is 0 Å². The summed E-state index contributed by atoms with van der Waals surface area (Å²) in [6.45, 7) is 30.3. The van der Waals surface area contributed by atoms with Crippen LogP contribution in [0.2, 0.25) is 0 Å². The third kappa shape index (κ3) is 26.1. The summed E-state index contributed by atoms with van der Waals surface area (Å²) in [5, 5.41) is 5.59. The summed E-state index contributed by atoms with van der Waals surface area (Å²) in [5.41, 5.74) is 28.5. The zero-order chi connectivity index (χ0) is 88.9. The average molecular weight is 1720 g/mol. The van der Waals surface area contributed by atoms with E-state index in [0.717, 1.165) is 124 Å². The summed E-state index contributed by atoms with van der Waals surface area (Å²) in [6.07, 6.45) is 25.4. The Labute approximate surface area is 768 Å². The van der Waals surface area contributed by atoms with Crippen molar-refractivity contribution >= 4 is 21.5 Å². The van der Waals surface area contributed by atoms with Crippen molar-refractivity contribution in [1.82, 2.24) is 0 Å². The first-order chi connectivity index (χ1) is 63.2. The van der Waals surface area contributed by atoms with E-state index in [2.05, 4.69) is 315 Å². The van der Waals surface area contributed by atoms with E-state index in [1.165, 1.54) is 236 Å². The van der Waals surface area contributed by atoms with Crippen molar-refractivity contribution in [2.75, 3.05) is 92.5 Å².